The number of carbonyl (C=O) groups is 1. The summed E-state index contributed by atoms with van der Waals surface area (Å²) in [5, 5.41) is 0.200. The minimum Gasteiger partial charge on any atom is -0.294 e. The number of rotatable bonds is 17. The summed E-state index contributed by atoms with van der Waals surface area (Å²) in [5.74, 6) is 1.35. The molecule has 0 radical (unpaired) electrons. The van der Waals surface area contributed by atoms with Crippen molar-refractivity contribution in [3.8, 4) is 11.1 Å². The molecule has 0 aliphatic heterocycles. The Labute approximate surface area is 217 Å². The molecule has 3 aromatic carbocycles. The third-order valence-electron chi connectivity index (χ3n) is 6.67. The van der Waals surface area contributed by atoms with Crippen LogP contribution < -0.4 is 0 Å². The van der Waals surface area contributed by atoms with Crippen molar-refractivity contribution in [1.29, 1.82) is 0 Å². The fourth-order valence-electron chi connectivity index (χ4n) is 4.63. The molecule has 1 nitrogen and oxygen atoms in total. The van der Waals surface area contributed by atoms with Crippen molar-refractivity contribution in [3.05, 3.63) is 96.1 Å². The van der Waals surface area contributed by atoms with Crippen molar-refractivity contribution < 1.29 is 4.79 Å². The van der Waals surface area contributed by atoms with Crippen molar-refractivity contribution in [3.63, 3.8) is 0 Å². The van der Waals surface area contributed by atoms with Gasteiger partial charge >= 0.3 is 0 Å². The predicted molar refractivity (Wildman–Crippen MR) is 154 cm³/mol. The molecule has 0 aliphatic carbocycles. The second-order valence-electron chi connectivity index (χ2n) is 9.49. The molecule has 0 N–H and O–H groups in total. The van der Waals surface area contributed by atoms with Gasteiger partial charge in [0.05, 0.1) is 0 Å². The highest BCUT2D eigenvalue weighted by atomic mass is 32.2. The molecule has 1 atom stereocenters. The molecule has 0 spiro atoms. The molecule has 0 saturated heterocycles. The van der Waals surface area contributed by atoms with Gasteiger partial charge in [0, 0.05) is 17.2 Å². The highest BCUT2D eigenvalue weighted by Gasteiger charge is 2.20. The number of thioether (sulfide) groups is 1. The SMILES string of the molecule is CCCCCCCCCCCCSC(CC(=O)c1ccccc1-c1ccccc1)c1ccccc1. The van der Waals surface area contributed by atoms with E-state index in [4.69, 9.17) is 0 Å². The van der Waals surface area contributed by atoms with Crippen molar-refractivity contribution in [2.75, 3.05) is 5.75 Å². The van der Waals surface area contributed by atoms with E-state index in [1.807, 2.05) is 48.2 Å². The average Bonchev–Trinajstić information content (AvgIpc) is 2.92. The highest BCUT2D eigenvalue weighted by Crippen LogP contribution is 2.35. The Hall–Kier alpha value is -2.32. The molecular weight excluding hydrogens is 444 g/mol. The Bertz CT molecular complexity index is 967. The van der Waals surface area contributed by atoms with Crippen LogP contribution in [0.4, 0.5) is 0 Å². The Morgan fingerprint density at radius 1 is 0.657 bits per heavy atom. The quantitative estimate of drug-likeness (QED) is 0.139. The molecular formula is C33H42OS. The van der Waals surface area contributed by atoms with Crippen molar-refractivity contribution in [1.82, 2.24) is 0 Å². The van der Waals surface area contributed by atoms with Gasteiger partial charge in [0.1, 0.15) is 0 Å². The number of hydrogen-bond donors (Lipinski definition) is 0. The topological polar surface area (TPSA) is 17.1 Å². The van der Waals surface area contributed by atoms with Gasteiger partial charge in [-0.05, 0) is 28.9 Å². The van der Waals surface area contributed by atoms with Crippen LogP contribution in [0.1, 0.15) is 98.7 Å². The minimum atomic E-state index is 0.200. The molecule has 0 heterocycles. The first-order valence-corrected chi connectivity index (χ1v) is 14.7. The lowest BCUT2D eigenvalue weighted by molar-refractivity contribution is 0.0982. The number of carbonyl (C=O) groups excluding carboxylic acids is 1. The zero-order valence-electron chi connectivity index (χ0n) is 21.5. The number of hydrogen-bond acceptors (Lipinski definition) is 2. The highest BCUT2D eigenvalue weighted by molar-refractivity contribution is 7.99. The minimum absolute atomic E-state index is 0.200. The van der Waals surface area contributed by atoms with E-state index in [1.54, 1.807) is 0 Å². The van der Waals surface area contributed by atoms with Crippen LogP contribution in [-0.4, -0.2) is 11.5 Å². The van der Waals surface area contributed by atoms with E-state index in [2.05, 4.69) is 55.5 Å². The van der Waals surface area contributed by atoms with Gasteiger partial charge in [-0.2, -0.15) is 11.8 Å². The third kappa shape index (κ3) is 9.68. The summed E-state index contributed by atoms with van der Waals surface area (Å²) >= 11 is 1.96. The van der Waals surface area contributed by atoms with Gasteiger partial charge < -0.3 is 0 Å². The summed E-state index contributed by atoms with van der Waals surface area (Å²) in [4.78, 5) is 13.5. The molecule has 0 amide bonds. The molecule has 3 rings (SSSR count). The molecule has 0 aromatic heterocycles. The Morgan fingerprint density at radius 2 is 1.20 bits per heavy atom. The smallest absolute Gasteiger partial charge is 0.164 e. The Morgan fingerprint density at radius 3 is 1.86 bits per heavy atom. The summed E-state index contributed by atoms with van der Waals surface area (Å²) in [6.45, 7) is 2.28. The van der Waals surface area contributed by atoms with Crippen LogP contribution in [0.2, 0.25) is 0 Å². The molecule has 1 unspecified atom stereocenters. The van der Waals surface area contributed by atoms with Gasteiger partial charge in [-0.1, -0.05) is 150 Å². The zero-order chi connectivity index (χ0) is 24.6. The van der Waals surface area contributed by atoms with Crippen molar-refractivity contribution in [2.45, 2.75) is 82.8 Å². The van der Waals surface area contributed by atoms with E-state index < -0.39 is 0 Å². The van der Waals surface area contributed by atoms with E-state index in [0.29, 0.717) is 6.42 Å². The van der Waals surface area contributed by atoms with Gasteiger partial charge in [-0.25, -0.2) is 0 Å². The van der Waals surface area contributed by atoms with Crippen LogP contribution in [0.3, 0.4) is 0 Å². The predicted octanol–water partition coefficient (Wildman–Crippen LogP) is 10.3. The van der Waals surface area contributed by atoms with Crippen LogP contribution >= 0.6 is 11.8 Å². The molecule has 0 saturated carbocycles. The molecule has 35 heavy (non-hydrogen) atoms. The average molecular weight is 487 g/mol. The summed E-state index contributed by atoms with van der Waals surface area (Å²) in [5.41, 5.74) is 4.23. The lowest BCUT2D eigenvalue weighted by atomic mass is 9.94. The maximum absolute atomic E-state index is 13.5. The molecule has 0 bridgehead atoms. The summed E-state index contributed by atoms with van der Waals surface area (Å²) in [7, 11) is 0. The normalized spacial score (nSPS) is 11.9. The second kappa shape index (κ2) is 16.4. The second-order valence-corrected chi connectivity index (χ2v) is 10.8. The van der Waals surface area contributed by atoms with E-state index in [-0.39, 0.29) is 11.0 Å². The van der Waals surface area contributed by atoms with Crippen LogP contribution in [0.5, 0.6) is 0 Å². The van der Waals surface area contributed by atoms with E-state index in [9.17, 15) is 4.79 Å². The lowest BCUT2D eigenvalue weighted by Gasteiger charge is -2.18. The monoisotopic (exact) mass is 486 g/mol. The van der Waals surface area contributed by atoms with Gasteiger partial charge in [0.2, 0.25) is 0 Å². The fourth-order valence-corrected chi connectivity index (χ4v) is 5.90. The van der Waals surface area contributed by atoms with E-state index in [0.717, 1.165) is 22.4 Å². The number of benzene rings is 3. The maximum atomic E-state index is 13.5. The first-order valence-electron chi connectivity index (χ1n) is 13.6. The Balaban J connectivity index is 1.51. The van der Waals surface area contributed by atoms with E-state index >= 15 is 0 Å². The molecule has 0 fully saturated rings. The number of ketones is 1. The van der Waals surface area contributed by atoms with Gasteiger partial charge in [-0.3, -0.25) is 4.79 Å². The molecule has 186 valence electrons. The molecule has 0 aliphatic rings. The zero-order valence-corrected chi connectivity index (χ0v) is 22.3. The third-order valence-corrected chi connectivity index (χ3v) is 8.04. The fraction of sp³-hybridized carbons (Fsp3) is 0.424. The first kappa shape index (κ1) is 27.3. The van der Waals surface area contributed by atoms with Gasteiger partial charge in [-0.15, -0.1) is 0 Å². The molecule has 3 aromatic rings. The van der Waals surface area contributed by atoms with Gasteiger partial charge in [0.15, 0.2) is 5.78 Å². The summed E-state index contributed by atoms with van der Waals surface area (Å²) in [6.07, 6.45) is 14.1. The van der Waals surface area contributed by atoms with Crippen LogP contribution in [0.25, 0.3) is 11.1 Å². The number of Topliss-reactive ketones (excluding diaryl/α,β-unsaturated/α-hetero) is 1. The van der Waals surface area contributed by atoms with Crippen LogP contribution in [-0.2, 0) is 0 Å². The van der Waals surface area contributed by atoms with Crippen LogP contribution in [0.15, 0.2) is 84.9 Å². The number of unbranched alkanes of at least 4 members (excludes halogenated alkanes) is 9. The van der Waals surface area contributed by atoms with Crippen molar-refractivity contribution in [2.24, 2.45) is 0 Å². The molecule has 2 heteroatoms. The standard InChI is InChI=1S/C33H42OS/c1-2-3-4-5-6-7-8-9-10-19-26-35-33(29-22-15-12-16-23-29)27-32(34)31-25-18-17-24-30(31)28-20-13-11-14-21-28/h11-18,20-25,33H,2-10,19,26-27H2,1H3. The van der Waals surface area contributed by atoms with Gasteiger partial charge in [0.25, 0.3) is 0 Å². The first-order chi connectivity index (χ1) is 17.3. The largest absolute Gasteiger partial charge is 0.294 e. The Kier molecular flexibility index (Phi) is 12.8. The maximum Gasteiger partial charge on any atom is 0.164 e. The summed E-state index contributed by atoms with van der Waals surface area (Å²) < 4.78 is 0. The van der Waals surface area contributed by atoms with Crippen LogP contribution in [0, 0.1) is 0 Å². The van der Waals surface area contributed by atoms with E-state index in [1.165, 1.54) is 69.8 Å². The summed E-state index contributed by atoms with van der Waals surface area (Å²) in [6, 6.07) is 28.9. The van der Waals surface area contributed by atoms with Crippen molar-refractivity contribution >= 4 is 17.5 Å². The lowest BCUT2D eigenvalue weighted by Crippen LogP contribution is -2.07.